The monoisotopic (exact) mass is 444 g/mol. The van der Waals surface area contributed by atoms with Gasteiger partial charge in [0, 0.05) is 0 Å². The fourth-order valence-electron chi connectivity index (χ4n) is 0. The van der Waals surface area contributed by atoms with Gasteiger partial charge < -0.3 is 0 Å². The van der Waals surface area contributed by atoms with Crippen molar-refractivity contribution < 1.29 is 0 Å². The molecule has 0 saturated heterocycles. The summed E-state index contributed by atoms with van der Waals surface area (Å²) >= 11 is 0. The molecule has 0 radical (unpaired) electrons. The van der Waals surface area contributed by atoms with E-state index in [9.17, 15) is 0 Å². The average molecular weight is 445 g/mol. The number of hydrogen-bond acceptors (Lipinski definition) is 0. The molecule has 0 nitrogen and oxygen atoms in total. The molecule has 0 heterocycles. The molecule has 0 aliphatic carbocycles. The van der Waals surface area contributed by atoms with E-state index < -0.39 is 0 Å². The van der Waals surface area contributed by atoms with Gasteiger partial charge >= 0.3 is 35.2 Å². The molecule has 0 aliphatic rings. The normalized spacial score (nSPS) is 0. The third kappa shape index (κ3) is 106. The molecule has 0 aromatic carbocycles. The van der Waals surface area contributed by atoms with E-state index in [-0.39, 0.29) is 134 Å². The Morgan fingerprint density at radius 2 is 0.200 bits per heavy atom. The summed E-state index contributed by atoms with van der Waals surface area (Å²) in [5, 5.41) is 0. The van der Waals surface area contributed by atoms with Gasteiger partial charge in [0.2, 0.25) is 0 Å². The Kier molecular flexibility index (Phi) is 2470. The first-order valence-corrected chi connectivity index (χ1v) is 0. The van der Waals surface area contributed by atoms with Crippen molar-refractivity contribution in [2.24, 2.45) is 0 Å². The van der Waals surface area contributed by atoms with Crippen LogP contribution in [0.2, 0.25) is 0 Å². The second kappa shape index (κ2) is 139. The van der Waals surface area contributed by atoms with Gasteiger partial charge in [0.25, 0.3) is 0 Å². The fourth-order valence-corrected chi connectivity index (χ4v) is 0. The van der Waals surface area contributed by atoms with Crippen LogP contribution in [-0.4, -0.2) is 35.2 Å². The molecule has 0 unspecified atom stereocenters. The van der Waals surface area contributed by atoms with Crippen LogP contribution in [0.15, 0.2) is 0 Å². The van der Waals surface area contributed by atoms with Crippen LogP contribution in [0, 0.1) is 0 Å². The summed E-state index contributed by atoms with van der Waals surface area (Å²) < 4.78 is 0. The average Bonchev–Trinajstić information content (AvgIpc) is 0. The van der Waals surface area contributed by atoms with Crippen LogP contribution in [0.25, 0.3) is 0 Å². The van der Waals surface area contributed by atoms with Gasteiger partial charge in [-0.3, -0.25) is 0 Å². The first kappa shape index (κ1) is 178. The summed E-state index contributed by atoms with van der Waals surface area (Å²) in [5.41, 5.74) is 0. The topological polar surface area (TPSA) is 0 Å². The zero-order valence-corrected chi connectivity index (χ0v) is 9.80. The summed E-state index contributed by atoms with van der Waals surface area (Å²) in [6.45, 7) is 0. The van der Waals surface area contributed by atoms with Crippen LogP contribution in [-0.2, 0) is 0 Å². The standard InChI is InChI=1S/8ClH.2GeH4/h8*1H;2*1H4. The summed E-state index contributed by atoms with van der Waals surface area (Å²) in [7, 11) is 0. The molecule has 0 aromatic heterocycles. The van der Waals surface area contributed by atoms with Crippen molar-refractivity contribution in [1.29, 1.82) is 0 Å². The molecule has 0 saturated carbocycles. The van der Waals surface area contributed by atoms with E-state index in [1.807, 2.05) is 0 Å². The number of halogens is 8. The molecule has 10 heavy (non-hydrogen) atoms. The van der Waals surface area contributed by atoms with Crippen molar-refractivity contribution in [3.05, 3.63) is 0 Å². The zero-order valence-electron chi connectivity index (χ0n) is 3.27. The second-order valence-corrected chi connectivity index (χ2v) is 0. The molecule has 0 atom stereocenters. The SMILES string of the molecule is Cl.Cl.Cl.Cl.Cl.Cl.Cl.Cl.[GeH4].[GeH4]. The van der Waals surface area contributed by atoms with Crippen molar-refractivity contribution >= 4 is 134 Å². The quantitative estimate of drug-likeness (QED) is 0.477. The van der Waals surface area contributed by atoms with Gasteiger partial charge in [0.1, 0.15) is 0 Å². The van der Waals surface area contributed by atoms with Crippen molar-refractivity contribution in [3.63, 3.8) is 0 Å². The van der Waals surface area contributed by atoms with Gasteiger partial charge in [-0.1, -0.05) is 0 Å². The number of rotatable bonds is 0. The van der Waals surface area contributed by atoms with Gasteiger partial charge in [0.05, 0.1) is 0 Å². The predicted octanol–water partition coefficient (Wildman–Crippen LogP) is 0.471. The van der Waals surface area contributed by atoms with Gasteiger partial charge in [-0.2, -0.15) is 0 Å². The van der Waals surface area contributed by atoms with Crippen LogP contribution in [0.5, 0.6) is 0 Å². The third-order valence-corrected chi connectivity index (χ3v) is 0. The number of hydrogen-bond donors (Lipinski definition) is 0. The molecule has 0 rings (SSSR count). The van der Waals surface area contributed by atoms with Crippen LogP contribution < -0.4 is 0 Å². The Bertz CT molecular complexity index is 7.22. The van der Waals surface area contributed by atoms with E-state index in [4.69, 9.17) is 0 Å². The molecule has 0 fully saturated rings. The van der Waals surface area contributed by atoms with Gasteiger partial charge in [-0.15, -0.1) is 99.3 Å². The van der Waals surface area contributed by atoms with E-state index in [1.165, 1.54) is 0 Å². The maximum atomic E-state index is 0. The molecule has 0 aromatic rings. The summed E-state index contributed by atoms with van der Waals surface area (Å²) in [6.07, 6.45) is 0. The van der Waals surface area contributed by atoms with E-state index in [0.29, 0.717) is 0 Å². The zero-order chi connectivity index (χ0) is 0. The van der Waals surface area contributed by atoms with E-state index in [1.54, 1.807) is 0 Å². The van der Waals surface area contributed by atoms with Crippen LogP contribution in [0.3, 0.4) is 0 Å². The van der Waals surface area contributed by atoms with Crippen LogP contribution in [0.4, 0.5) is 0 Å². The van der Waals surface area contributed by atoms with Crippen molar-refractivity contribution in [2.75, 3.05) is 0 Å². The van der Waals surface area contributed by atoms with E-state index in [2.05, 4.69) is 0 Å². The Hall–Kier alpha value is 3.41. The van der Waals surface area contributed by atoms with Crippen LogP contribution >= 0.6 is 99.3 Å². The Morgan fingerprint density at radius 1 is 0.200 bits per heavy atom. The van der Waals surface area contributed by atoms with Gasteiger partial charge in [0.15, 0.2) is 0 Å². The molecule has 10 heteroatoms. The summed E-state index contributed by atoms with van der Waals surface area (Å²) in [4.78, 5) is 0. The molecule has 0 N–H and O–H groups in total. The molecule has 0 bridgehead atoms. The van der Waals surface area contributed by atoms with Crippen molar-refractivity contribution in [2.45, 2.75) is 0 Å². The first-order valence-electron chi connectivity index (χ1n) is 0. The fraction of sp³-hybridized carbons (Fsp3) is 0. The summed E-state index contributed by atoms with van der Waals surface area (Å²) in [5.74, 6) is 0. The minimum absolute atomic E-state index is 0. The Balaban J connectivity index is 0. The Labute approximate surface area is 133 Å². The van der Waals surface area contributed by atoms with E-state index in [0.717, 1.165) is 0 Å². The van der Waals surface area contributed by atoms with Crippen molar-refractivity contribution in [3.8, 4) is 0 Å². The molecular weight excluding hydrogens is 429 g/mol. The second-order valence-electron chi connectivity index (χ2n) is 0. The minimum atomic E-state index is 0. The first-order chi connectivity index (χ1) is 0. The predicted molar refractivity (Wildman–Crippen MR) is 80.7 cm³/mol. The molecule has 0 amide bonds. The molecule has 0 aliphatic heterocycles. The van der Waals surface area contributed by atoms with Crippen LogP contribution in [0.1, 0.15) is 0 Å². The third-order valence-electron chi connectivity index (χ3n) is 0. The molecular formula is H16Cl8Ge2. The maximum absolute atomic E-state index is 0. The van der Waals surface area contributed by atoms with Crippen molar-refractivity contribution in [1.82, 2.24) is 0 Å². The van der Waals surface area contributed by atoms with Gasteiger partial charge in [-0.25, -0.2) is 0 Å². The Morgan fingerprint density at radius 3 is 0.200 bits per heavy atom. The van der Waals surface area contributed by atoms with Gasteiger partial charge in [-0.05, 0) is 0 Å². The molecule has 0 spiro atoms. The van der Waals surface area contributed by atoms with E-state index >= 15 is 0 Å². The molecule has 80 valence electrons. The summed E-state index contributed by atoms with van der Waals surface area (Å²) in [6, 6.07) is 0.